The van der Waals surface area contributed by atoms with Crippen molar-refractivity contribution in [1.29, 1.82) is 0 Å². The molecular formula is C13H22N2O5S. The van der Waals surface area contributed by atoms with Gasteiger partial charge in [0.15, 0.2) is 0 Å². The predicted molar refractivity (Wildman–Crippen MR) is 76.0 cm³/mol. The number of carboxylic acid groups (broad SMARTS) is 1. The van der Waals surface area contributed by atoms with Crippen molar-refractivity contribution in [1.82, 2.24) is 9.62 Å². The van der Waals surface area contributed by atoms with E-state index in [0.717, 1.165) is 12.7 Å². The Labute approximate surface area is 124 Å². The smallest absolute Gasteiger partial charge is 0.307 e. The zero-order chi connectivity index (χ0) is 15.6. The Morgan fingerprint density at radius 2 is 1.67 bits per heavy atom. The maximum Gasteiger partial charge on any atom is 0.307 e. The number of sulfonamides is 1. The molecule has 0 spiro atoms. The van der Waals surface area contributed by atoms with E-state index < -0.39 is 27.8 Å². The van der Waals surface area contributed by atoms with Gasteiger partial charge in [0.1, 0.15) is 0 Å². The number of nitrogens with one attached hydrogen (secondary N) is 1. The van der Waals surface area contributed by atoms with Gasteiger partial charge in [-0.15, -0.1) is 0 Å². The van der Waals surface area contributed by atoms with Crippen LogP contribution in [-0.2, 0) is 19.6 Å². The molecule has 2 N–H and O–H groups in total. The van der Waals surface area contributed by atoms with Crippen LogP contribution in [0.5, 0.6) is 0 Å². The number of piperidine rings is 1. The topological polar surface area (TPSA) is 104 Å². The van der Waals surface area contributed by atoms with Crippen LogP contribution in [0.2, 0.25) is 0 Å². The predicted octanol–water partition coefficient (Wildman–Crippen LogP) is 0.0275. The van der Waals surface area contributed by atoms with Crippen LogP contribution in [0.15, 0.2) is 0 Å². The highest BCUT2D eigenvalue weighted by Crippen LogP contribution is 2.34. The Balaban J connectivity index is 1.90. The molecule has 1 aliphatic carbocycles. The summed E-state index contributed by atoms with van der Waals surface area (Å²) in [6.45, 7) is 0.962. The van der Waals surface area contributed by atoms with Gasteiger partial charge in [-0.05, 0) is 25.7 Å². The van der Waals surface area contributed by atoms with Crippen LogP contribution in [0, 0.1) is 11.8 Å². The lowest BCUT2D eigenvalue weighted by molar-refractivity contribution is -0.149. The molecule has 1 saturated carbocycles. The van der Waals surface area contributed by atoms with Crippen molar-refractivity contribution in [2.75, 3.05) is 19.3 Å². The van der Waals surface area contributed by atoms with E-state index in [1.165, 1.54) is 0 Å². The number of carbonyl (C=O) groups excluding carboxylic acids is 1. The van der Waals surface area contributed by atoms with Crippen molar-refractivity contribution in [3.63, 3.8) is 0 Å². The molecule has 8 heteroatoms. The van der Waals surface area contributed by atoms with Crippen molar-refractivity contribution in [2.24, 2.45) is 11.8 Å². The summed E-state index contributed by atoms with van der Waals surface area (Å²) < 4.78 is 24.9. The average Bonchev–Trinajstić information content (AvgIpc) is 2.86. The highest BCUT2D eigenvalue weighted by atomic mass is 32.2. The van der Waals surface area contributed by atoms with E-state index in [4.69, 9.17) is 5.11 Å². The molecule has 0 aromatic heterocycles. The molecule has 0 bridgehead atoms. The summed E-state index contributed by atoms with van der Waals surface area (Å²) in [5.74, 6) is -1.96. The Hall–Kier alpha value is -1.15. The van der Waals surface area contributed by atoms with E-state index in [0.29, 0.717) is 38.8 Å². The Morgan fingerprint density at radius 1 is 1.10 bits per heavy atom. The second-order valence-corrected chi connectivity index (χ2v) is 7.75. The zero-order valence-corrected chi connectivity index (χ0v) is 12.9. The number of carbonyl (C=O) groups is 2. The maximum atomic E-state index is 12.4. The third-order valence-electron chi connectivity index (χ3n) is 4.34. The molecule has 7 nitrogen and oxygen atoms in total. The lowest BCUT2D eigenvalue weighted by Gasteiger charge is -2.34. The molecule has 1 amide bonds. The molecule has 2 atom stereocenters. The summed E-state index contributed by atoms with van der Waals surface area (Å²) in [6, 6.07) is -0.136. The van der Waals surface area contributed by atoms with Gasteiger partial charge in [-0.3, -0.25) is 9.59 Å². The minimum Gasteiger partial charge on any atom is -0.481 e. The van der Waals surface area contributed by atoms with Gasteiger partial charge in [-0.25, -0.2) is 13.1 Å². The molecule has 1 aliphatic heterocycles. The molecular weight excluding hydrogens is 296 g/mol. The van der Waals surface area contributed by atoms with E-state index >= 15 is 0 Å². The fraction of sp³-hybridized carbons (Fsp3) is 0.846. The zero-order valence-electron chi connectivity index (χ0n) is 12.1. The molecule has 0 aromatic carbocycles. The van der Waals surface area contributed by atoms with Gasteiger partial charge in [0.25, 0.3) is 0 Å². The number of rotatable bonds is 4. The van der Waals surface area contributed by atoms with Crippen molar-refractivity contribution in [3.05, 3.63) is 0 Å². The van der Waals surface area contributed by atoms with Crippen molar-refractivity contribution in [2.45, 2.75) is 38.1 Å². The Bertz CT molecular complexity index is 511. The Morgan fingerprint density at radius 3 is 2.19 bits per heavy atom. The summed E-state index contributed by atoms with van der Waals surface area (Å²) >= 11 is 0. The first-order valence-electron chi connectivity index (χ1n) is 7.27. The number of likely N-dealkylation sites (tertiary alicyclic amines) is 1. The van der Waals surface area contributed by atoms with E-state index in [9.17, 15) is 18.0 Å². The highest BCUT2D eigenvalue weighted by Gasteiger charge is 2.40. The lowest BCUT2D eigenvalue weighted by Crippen LogP contribution is -2.48. The van der Waals surface area contributed by atoms with E-state index in [-0.39, 0.29) is 11.9 Å². The fourth-order valence-electron chi connectivity index (χ4n) is 3.31. The van der Waals surface area contributed by atoms with Gasteiger partial charge in [0.05, 0.1) is 18.1 Å². The molecule has 2 fully saturated rings. The molecule has 21 heavy (non-hydrogen) atoms. The Kier molecular flexibility index (Phi) is 4.88. The van der Waals surface area contributed by atoms with Crippen LogP contribution in [0.25, 0.3) is 0 Å². The van der Waals surface area contributed by atoms with Gasteiger partial charge in [-0.1, -0.05) is 6.42 Å². The third-order valence-corrected chi connectivity index (χ3v) is 5.10. The monoisotopic (exact) mass is 318 g/mol. The number of aliphatic carboxylic acids is 1. The molecule has 0 aromatic rings. The quantitative estimate of drug-likeness (QED) is 0.761. The summed E-state index contributed by atoms with van der Waals surface area (Å²) in [6.07, 6.45) is 4.25. The largest absolute Gasteiger partial charge is 0.481 e. The van der Waals surface area contributed by atoms with Crippen LogP contribution in [-0.4, -0.2) is 55.7 Å². The van der Waals surface area contributed by atoms with Crippen molar-refractivity contribution >= 4 is 21.9 Å². The second kappa shape index (κ2) is 6.31. The van der Waals surface area contributed by atoms with Crippen LogP contribution in [0.3, 0.4) is 0 Å². The van der Waals surface area contributed by atoms with Crippen LogP contribution < -0.4 is 4.72 Å². The van der Waals surface area contributed by atoms with Crippen LogP contribution in [0.1, 0.15) is 32.1 Å². The molecule has 2 aliphatic rings. The first-order valence-corrected chi connectivity index (χ1v) is 9.16. The fourth-order valence-corrected chi connectivity index (χ4v) is 4.15. The standard InChI is InChI=1S/C13H22N2O5S/c1-21(19,20)14-9-5-7-15(8-6-9)12(16)10-3-2-4-11(10)13(17)18/h9-11,14H,2-8H2,1H3,(H,17,18). The second-order valence-electron chi connectivity index (χ2n) is 5.97. The number of amides is 1. The molecule has 120 valence electrons. The summed E-state index contributed by atoms with van der Waals surface area (Å²) in [7, 11) is -3.23. The SMILES string of the molecule is CS(=O)(=O)NC1CCN(C(=O)C2CCCC2C(=O)O)CC1. The van der Waals surface area contributed by atoms with Gasteiger partial charge < -0.3 is 10.0 Å². The van der Waals surface area contributed by atoms with Gasteiger partial charge in [-0.2, -0.15) is 0 Å². The number of hydrogen-bond donors (Lipinski definition) is 2. The molecule has 2 rings (SSSR count). The maximum absolute atomic E-state index is 12.4. The van der Waals surface area contributed by atoms with Crippen LogP contribution >= 0.6 is 0 Å². The summed E-state index contributed by atoms with van der Waals surface area (Å²) in [5.41, 5.74) is 0. The minimum absolute atomic E-state index is 0.0855. The van der Waals surface area contributed by atoms with Gasteiger partial charge in [0.2, 0.25) is 15.9 Å². The lowest BCUT2D eigenvalue weighted by atomic mass is 9.93. The molecule has 2 unspecified atom stereocenters. The molecule has 0 radical (unpaired) electrons. The van der Waals surface area contributed by atoms with Crippen molar-refractivity contribution in [3.8, 4) is 0 Å². The first-order chi connectivity index (χ1) is 9.78. The number of hydrogen-bond acceptors (Lipinski definition) is 4. The van der Waals surface area contributed by atoms with Gasteiger partial charge >= 0.3 is 5.97 Å². The average molecular weight is 318 g/mol. The van der Waals surface area contributed by atoms with Crippen LogP contribution in [0.4, 0.5) is 0 Å². The minimum atomic E-state index is -3.23. The summed E-state index contributed by atoms with van der Waals surface area (Å²) in [4.78, 5) is 25.3. The van der Waals surface area contributed by atoms with E-state index in [1.54, 1.807) is 4.90 Å². The van der Waals surface area contributed by atoms with Gasteiger partial charge in [0, 0.05) is 19.1 Å². The van der Waals surface area contributed by atoms with E-state index in [2.05, 4.69) is 4.72 Å². The van der Waals surface area contributed by atoms with E-state index in [1.807, 2.05) is 0 Å². The highest BCUT2D eigenvalue weighted by molar-refractivity contribution is 7.88. The molecule has 1 saturated heterocycles. The summed E-state index contributed by atoms with van der Waals surface area (Å²) in [5, 5.41) is 9.15. The third kappa shape index (κ3) is 4.16. The van der Waals surface area contributed by atoms with Crippen molar-refractivity contribution < 1.29 is 23.1 Å². The molecule has 1 heterocycles. The number of carboxylic acids is 1. The normalized spacial score (nSPS) is 27.8. The number of nitrogens with zero attached hydrogens (tertiary/aromatic N) is 1. The first kappa shape index (κ1) is 16.2.